The fourth-order valence-electron chi connectivity index (χ4n) is 0.897. The molecule has 0 aliphatic rings. The smallest absolute Gasteiger partial charge is 0.357 e. The van der Waals surface area contributed by atoms with Crippen molar-refractivity contribution in [1.82, 2.24) is 4.98 Å². The maximum atomic E-state index is 10.6. The number of rotatable bonds is 5. The Kier molecular flexibility index (Phi) is 3.84. The normalized spacial score (nSPS) is 10.4. The lowest BCUT2D eigenvalue weighted by Crippen LogP contribution is -2.01. The molecule has 1 rings (SSSR count). The number of carbonyl (C=O) groups is 1. The van der Waals surface area contributed by atoms with Crippen LogP contribution in [0.1, 0.15) is 28.8 Å². The van der Waals surface area contributed by atoms with Crippen molar-refractivity contribution in [3.8, 4) is 0 Å². The predicted octanol–water partition coefficient (Wildman–Crippen LogP) is 1.35. The highest BCUT2D eigenvalue weighted by Gasteiger charge is 2.14. The Morgan fingerprint density at radius 2 is 2.43 bits per heavy atom. The molecule has 0 amide bonds. The first-order valence-corrected chi connectivity index (χ1v) is 5.03. The quantitative estimate of drug-likeness (QED) is 0.725. The van der Waals surface area contributed by atoms with E-state index in [1.807, 2.05) is 6.92 Å². The first-order chi connectivity index (χ1) is 6.65. The minimum atomic E-state index is -1.10. The topological polar surface area (TPSA) is 85.4 Å². The van der Waals surface area contributed by atoms with Crippen LogP contribution in [0.5, 0.6) is 0 Å². The number of hydrogen-bond acceptors (Lipinski definition) is 5. The summed E-state index contributed by atoms with van der Waals surface area (Å²) in [6.45, 7) is 2.97. The van der Waals surface area contributed by atoms with Crippen LogP contribution >= 0.6 is 11.3 Å². The zero-order valence-electron chi connectivity index (χ0n) is 7.82. The molecule has 0 bridgehead atoms. The maximum absolute atomic E-state index is 10.6. The number of thiazole rings is 1. The fourth-order valence-corrected chi connectivity index (χ4v) is 1.66. The van der Waals surface area contributed by atoms with Gasteiger partial charge in [0.15, 0.2) is 5.69 Å². The van der Waals surface area contributed by atoms with E-state index in [-0.39, 0.29) is 10.7 Å². The Hall–Kier alpha value is -1.14. The molecule has 0 atom stereocenters. The van der Waals surface area contributed by atoms with E-state index < -0.39 is 5.97 Å². The van der Waals surface area contributed by atoms with Crippen molar-refractivity contribution in [1.29, 1.82) is 0 Å². The average molecular weight is 216 g/mol. The highest BCUT2D eigenvalue weighted by molar-refractivity contribution is 7.15. The van der Waals surface area contributed by atoms with Gasteiger partial charge in [-0.05, 0) is 6.42 Å². The molecule has 0 saturated heterocycles. The van der Waals surface area contributed by atoms with Crippen LogP contribution in [0.25, 0.3) is 0 Å². The summed E-state index contributed by atoms with van der Waals surface area (Å²) in [5.41, 5.74) is 5.39. The summed E-state index contributed by atoms with van der Waals surface area (Å²) in [4.78, 5) is 14.4. The number of hydrogen-bond donors (Lipinski definition) is 2. The van der Waals surface area contributed by atoms with Gasteiger partial charge in [0.05, 0.1) is 6.61 Å². The first kappa shape index (κ1) is 10.9. The Morgan fingerprint density at radius 3 is 2.93 bits per heavy atom. The van der Waals surface area contributed by atoms with Crippen LogP contribution in [-0.2, 0) is 11.3 Å². The summed E-state index contributed by atoms with van der Waals surface area (Å²) in [5, 5.41) is 9.51. The molecule has 0 unspecified atom stereocenters. The van der Waals surface area contributed by atoms with E-state index in [1.54, 1.807) is 0 Å². The first-order valence-electron chi connectivity index (χ1n) is 4.21. The van der Waals surface area contributed by atoms with Crippen molar-refractivity contribution in [3.05, 3.63) is 10.7 Å². The van der Waals surface area contributed by atoms with Crippen LogP contribution in [0.2, 0.25) is 0 Å². The Labute approximate surface area is 85.5 Å². The third-order valence-corrected chi connectivity index (χ3v) is 2.33. The number of aromatic nitrogens is 1. The minimum Gasteiger partial charge on any atom is -0.476 e. The summed E-state index contributed by atoms with van der Waals surface area (Å²) in [7, 11) is 0. The van der Waals surface area contributed by atoms with E-state index in [0.29, 0.717) is 18.2 Å². The lowest BCUT2D eigenvalue weighted by Gasteiger charge is -1.96. The van der Waals surface area contributed by atoms with Gasteiger partial charge in [0, 0.05) is 6.61 Å². The number of carboxylic acid groups (broad SMARTS) is 1. The highest BCUT2D eigenvalue weighted by Crippen LogP contribution is 2.21. The summed E-state index contributed by atoms with van der Waals surface area (Å²) in [5.74, 6) is -1.10. The third kappa shape index (κ3) is 2.68. The Bertz CT molecular complexity index is 324. The van der Waals surface area contributed by atoms with Crippen LogP contribution in [0.15, 0.2) is 0 Å². The summed E-state index contributed by atoms with van der Waals surface area (Å²) >= 11 is 1.15. The standard InChI is InChI=1S/C8H12N2O3S/c1-2-3-13-4-5-10-6(8(11)12)7(9)14-5/h2-4,9H2,1H3,(H,11,12). The van der Waals surface area contributed by atoms with Gasteiger partial charge in [0.2, 0.25) is 0 Å². The molecule has 0 aliphatic heterocycles. The van der Waals surface area contributed by atoms with E-state index in [1.165, 1.54) is 0 Å². The number of ether oxygens (including phenoxy) is 1. The third-order valence-electron chi connectivity index (χ3n) is 1.47. The largest absolute Gasteiger partial charge is 0.476 e. The fraction of sp³-hybridized carbons (Fsp3) is 0.500. The average Bonchev–Trinajstić information content (AvgIpc) is 2.47. The minimum absolute atomic E-state index is 0.0786. The molecule has 6 heteroatoms. The van der Waals surface area contributed by atoms with Crippen LogP contribution in [0, 0.1) is 0 Å². The molecular formula is C8H12N2O3S. The van der Waals surface area contributed by atoms with E-state index >= 15 is 0 Å². The molecular weight excluding hydrogens is 204 g/mol. The highest BCUT2D eigenvalue weighted by atomic mass is 32.1. The molecule has 0 fully saturated rings. The van der Waals surface area contributed by atoms with E-state index in [0.717, 1.165) is 17.8 Å². The number of aromatic carboxylic acids is 1. The number of anilines is 1. The predicted molar refractivity (Wildman–Crippen MR) is 53.4 cm³/mol. The maximum Gasteiger partial charge on any atom is 0.357 e. The van der Waals surface area contributed by atoms with E-state index in [9.17, 15) is 4.79 Å². The molecule has 0 aromatic carbocycles. The lowest BCUT2D eigenvalue weighted by molar-refractivity contribution is 0.0691. The number of carboxylic acids is 1. The number of nitrogen functional groups attached to an aromatic ring is 1. The second-order valence-electron chi connectivity index (χ2n) is 2.68. The van der Waals surface area contributed by atoms with Gasteiger partial charge in [-0.1, -0.05) is 18.3 Å². The van der Waals surface area contributed by atoms with Gasteiger partial charge >= 0.3 is 5.97 Å². The van der Waals surface area contributed by atoms with Crippen LogP contribution < -0.4 is 5.73 Å². The second kappa shape index (κ2) is 4.92. The molecule has 0 spiro atoms. The molecule has 3 N–H and O–H groups in total. The van der Waals surface area contributed by atoms with Crippen LogP contribution in [-0.4, -0.2) is 22.7 Å². The van der Waals surface area contributed by atoms with Crippen molar-refractivity contribution in [3.63, 3.8) is 0 Å². The van der Waals surface area contributed by atoms with Crippen molar-refractivity contribution >= 4 is 22.3 Å². The van der Waals surface area contributed by atoms with E-state index in [2.05, 4.69) is 4.98 Å². The zero-order valence-corrected chi connectivity index (χ0v) is 8.63. The van der Waals surface area contributed by atoms with Gasteiger partial charge < -0.3 is 15.6 Å². The molecule has 0 saturated carbocycles. The van der Waals surface area contributed by atoms with Gasteiger partial charge in [-0.15, -0.1) is 0 Å². The van der Waals surface area contributed by atoms with Crippen molar-refractivity contribution in [2.24, 2.45) is 0 Å². The molecule has 1 aromatic rings. The van der Waals surface area contributed by atoms with Gasteiger partial charge in [-0.3, -0.25) is 0 Å². The van der Waals surface area contributed by atoms with Gasteiger partial charge in [-0.25, -0.2) is 9.78 Å². The summed E-state index contributed by atoms with van der Waals surface area (Å²) in [6.07, 6.45) is 0.923. The SMILES string of the molecule is CCCOCc1nc(C(=O)O)c(N)s1. The van der Waals surface area contributed by atoms with Crippen LogP contribution in [0.3, 0.4) is 0 Å². The van der Waals surface area contributed by atoms with Gasteiger partial charge in [0.25, 0.3) is 0 Å². The molecule has 0 aliphatic carbocycles. The Morgan fingerprint density at radius 1 is 1.71 bits per heavy atom. The number of nitrogens with zero attached hydrogens (tertiary/aromatic N) is 1. The number of nitrogens with two attached hydrogens (primary N) is 1. The van der Waals surface area contributed by atoms with Crippen molar-refractivity contribution in [2.45, 2.75) is 20.0 Å². The molecule has 5 nitrogen and oxygen atoms in total. The molecule has 14 heavy (non-hydrogen) atoms. The molecule has 78 valence electrons. The monoisotopic (exact) mass is 216 g/mol. The van der Waals surface area contributed by atoms with Crippen molar-refractivity contribution in [2.75, 3.05) is 12.3 Å². The zero-order chi connectivity index (χ0) is 10.6. The molecule has 0 radical (unpaired) electrons. The van der Waals surface area contributed by atoms with Crippen molar-refractivity contribution < 1.29 is 14.6 Å². The van der Waals surface area contributed by atoms with E-state index in [4.69, 9.17) is 15.6 Å². The molecule has 1 aromatic heterocycles. The van der Waals surface area contributed by atoms with Gasteiger partial charge in [0.1, 0.15) is 10.0 Å². The van der Waals surface area contributed by atoms with Crippen LogP contribution in [0.4, 0.5) is 5.00 Å². The second-order valence-corrected chi connectivity index (χ2v) is 3.79. The summed E-state index contributed by atoms with van der Waals surface area (Å²) < 4.78 is 5.22. The lowest BCUT2D eigenvalue weighted by atomic mass is 10.5. The Balaban J connectivity index is 2.62. The summed E-state index contributed by atoms with van der Waals surface area (Å²) in [6, 6.07) is 0. The molecule has 1 heterocycles. The van der Waals surface area contributed by atoms with Gasteiger partial charge in [-0.2, -0.15) is 0 Å².